The zero-order valence-corrected chi connectivity index (χ0v) is 9.21. The summed E-state index contributed by atoms with van der Waals surface area (Å²) in [5.74, 6) is 1.00. The number of piperidine rings is 1. The van der Waals surface area contributed by atoms with Crippen LogP contribution in [0.5, 0.6) is 0 Å². The van der Waals surface area contributed by atoms with Crippen molar-refractivity contribution in [2.45, 2.75) is 18.6 Å². The molecule has 0 bridgehead atoms. The highest BCUT2D eigenvalue weighted by Crippen LogP contribution is 2.18. The highest BCUT2D eigenvalue weighted by atomic mass is 16.5. The molecule has 88 valence electrons. The largest absolute Gasteiger partial charge is 0.389 e. The number of hydrogen-bond acceptors (Lipinski definition) is 6. The average molecular weight is 224 g/mol. The van der Waals surface area contributed by atoms with E-state index in [2.05, 4.69) is 9.97 Å². The molecule has 6 heteroatoms. The summed E-state index contributed by atoms with van der Waals surface area (Å²) >= 11 is 0. The summed E-state index contributed by atoms with van der Waals surface area (Å²) in [4.78, 5) is 10.2. The van der Waals surface area contributed by atoms with E-state index in [0.29, 0.717) is 18.3 Å². The molecular formula is C10H16N4O2. The molecule has 1 saturated heterocycles. The second-order valence-corrected chi connectivity index (χ2v) is 3.86. The predicted molar refractivity (Wildman–Crippen MR) is 60.1 cm³/mol. The molecule has 0 aliphatic carbocycles. The summed E-state index contributed by atoms with van der Waals surface area (Å²) in [5.41, 5.74) is 5.59. The van der Waals surface area contributed by atoms with Gasteiger partial charge in [-0.2, -0.15) is 4.98 Å². The SMILES string of the molecule is CO[C@H]1CCN(c2nccc(N)n2)C[C@@H]1O. The van der Waals surface area contributed by atoms with Gasteiger partial charge < -0.3 is 20.5 Å². The van der Waals surface area contributed by atoms with Crippen LogP contribution < -0.4 is 10.6 Å². The number of methoxy groups -OCH3 is 1. The fourth-order valence-electron chi connectivity index (χ4n) is 1.88. The summed E-state index contributed by atoms with van der Waals surface area (Å²) < 4.78 is 5.17. The number of ether oxygens (including phenoxy) is 1. The Kier molecular flexibility index (Phi) is 3.21. The molecule has 2 heterocycles. The molecule has 3 N–H and O–H groups in total. The summed E-state index contributed by atoms with van der Waals surface area (Å²) in [7, 11) is 1.61. The van der Waals surface area contributed by atoms with Crippen LogP contribution in [0.1, 0.15) is 6.42 Å². The van der Waals surface area contributed by atoms with Crippen LogP contribution in [-0.2, 0) is 4.74 Å². The average Bonchev–Trinajstić information content (AvgIpc) is 2.29. The Morgan fingerprint density at radius 2 is 2.44 bits per heavy atom. The number of β-amino-alcohol motifs (C(OH)–C–C–N with tert-alkyl or cyclic N) is 1. The first-order chi connectivity index (χ1) is 7.70. The molecule has 0 unspecified atom stereocenters. The van der Waals surface area contributed by atoms with Crippen molar-refractivity contribution in [3.8, 4) is 0 Å². The number of hydrogen-bond donors (Lipinski definition) is 2. The van der Waals surface area contributed by atoms with Gasteiger partial charge in [-0.05, 0) is 12.5 Å². The quantitative estimate of drug-likeness (QED) is 0.714. The zero-order chi connectivity index (χ0) is 11.5. The van der Waals surface area contributed by atoms with Crippen molar-refractivity contribution in [3.05, 3.63) is 12.3 Å². The van der Waals surface area contributed by atoms with Crippen LogP contribution in [0.2, 0.25) is 0 Å². The number of aromatic nitrogens is 2. The fraction of sp³-hybridized carbons (Fsp3) is 0.600. The number of anilines is 2. The van der Waals surface area contributed by atoms with Crippen molar-refractivity contribution in [1.29, 1.82) is 0 Å². The van der Waals surface area contributed by atoms with Crippen molar-refractivity contribution in [3.63, 3.8) is 0 Å². The van der Waals surface area contributed by atoms with Crippen LogP contribution in [-0.4, -0.2) is 47.5 Å². The number of nitrogens with two attached hydrogens (primary N) is 1. The molecule has 1 aromatic rings. The van der Waals surface area contributed by atoms with Crippen LogP contribution in [0.15, 0.2) is 12.3 Å². The van der Waals surface area contributed by atoms with Crippen molar-refractivity contribution >= 4 is 11.8 Å². The highest BCUT2D eigenvalue weighted by molar-refractivity contribution is 5.38. The number of rotatable bonds is 2. The maximum atomic E-state index is 9.82. The lowest BCUT2D eigenvalue weighted by molar-refractivity contribution is -0.0219. The van der Waals surface area contributed by atoms with E-state index in [-0.39, 0.29) is 6.10 Å². The lowest BCUT2D eigenvalue weighted by Gasteiger charge is -2.35. The van der Waals surface area contributed by atoms with Crippen molar-refractivity contribution in [1.82, 2.24) is 9.97 Å². The van der Waals surface area contributed by atoms with Gasteiger partial charge in [0.2, 0.25) is 5.95 Å². The van der Waals surface area contributed by atoms with Crippen LogP contribution in [0.25, 0.3) is 0 Å². The van der Waals surface area contributed by atoms with E-state index in [1.54, 1.807) is 19.4 Å². The van der Waals surface area contributed by atoms with Gasteiger partial charge in [0.1, 0.15) is 5.82 Å². The molecule has 2 atom stereocenters. The minimum Gasteiger partial charge on any atom is -0.389 e. The lowest BCUT2D eigenvalue weighted by Crippen LogP contribution is -2.48. The monoisotopic (exact) mass is 224 g/mol. The molecule has 2 rings (SSSR count). The second kappa shape index (κ2) is 4.63. The van der Waals surface area contributed by atoms with Gasteiger partial charge in [0.25, 0.3) is 0 Å². The number of aliphatic hydroxyl groups excluding tert-OH is 1. The minimum atomic E-state index is -0.510. The van der Waals surface area contributed by atoms with Gasteiger partial charge >= 0.3 is 0 Å². The predicted octanol–water partition coefficient (Wildman–Crippen LogP) is -0.355. The Morgan fingerprint density at radius 1 is 1.62 bits per heavy atom. The van der Waals surface area contributed by atoms with E-state index >= 15 is 0 Å². The molecule has 1 fully saturated rings. The van der Waals surface area contributed by atoms with E-state index in [1.807, 2.05) is 4.90 Å². The highest BCUT2D eigenvalue weighted by Gasteiger charge is 2.28. The van der Waals surface area contributed by atoms with Crippen LogP contribution >= 0.6 is 0 Å². The lowest BCUT2D eigenvalue weighted by atomic mass is 10.1. The standard InChI is InChI=1S/C10H16N4O2/c1-16-8-3-5-14(6-7(8)15)10-12-4-2-9(11)13-10/h2,4,7-8,15H,3,5-6H2,1H3,(H2,11,12,13)/t7-,8-/m0/s1. The Balaban J connectivity index is 2.07. The molecule has 0 spiro atoms. The Morgan fingerprint density at radius 3 is 3.06 bits per heavy atom. The Bertz CT molecular complexity index is 360. The van der Waals surface area contributed by atoms with Crippen LogP contribution in [0.4, 0.5) is 11.8 Å². The first-order valence-electron chi connectivity index (χ1n) is 5.25. The molecule has 0 saturated carbocycles. The molecular weight excluding hydrogens is 208 g/mol. The Labute approximate surface area is 94.1 Å². The van der Waals surface area contributed by atoms with Crippen molar-refractivity contribution in [2.24, 2.45) is 0 Å². The molecule has 1 aliphatic heterocycles. The van der Waals surface area contributed by atoms with E-state index in [1.165, 1.54) is 0 Å². The topological polar surface area (TPSA) is 84.5 Å². The smallest absolute Gasteiger partial charge is 0.227 e. The molecule has 0 radical (unpaired) electrons. The summed E-state index contributed by atoms with van der Waals surface area (Å²) in [6.45, 7) is 1.24. The molecule has 0 amide bonds. The van der Waals surface area contributed by atoms with E-state index in [9.17, 15) is 5.11 Å². The second-order valence-electron chi connectivity index (χ2n) is 3.86. The van der Waals surface area contributed by atoms with E-state index in [0.717, 1.165) is 13.0 Å². The molecule has 1 aromatic heterocycles. The first-order valence-corrected chi connectivity index (χ1v) is 5.25. The van der Waals surface area contributed by atoms with Gasteiger partial charge in [-0.1, -0.05) is 0 Å². The zero-order valence-electron chi connectivity index (χ0n) is 9.21. The molecule has 6 nitrogen and oxygen atoms in total. The van der Waals surface area contributed by atoms with Gasteiger partial charge in [0, 0.05) is 26.4 Å². The number of nitrogens with zero attached hydrogens (tertiary/aromatic N) is 3. The normalized spacial score (nSPS) is 25.8. The molecule has 0 aromatic carbocycles. The Hall–Kier alpha value is -1.40. The number of nitrogen functional groups attached to an aromatic ring is 1. The maximum Gasteiger partial charge on any atom is 0.227 e. The van der Waals surface area contributed by atoms with Crippen molar-refractivity contribution in [2.75, 3.05) is 30.8 Å². The maximum absolute atomic E-state index is 9.82. The molecule has 1 aliphatic rings. The fourth-order valence-corrected chi connectivity index (χ4v) is 1.88. The third-order valence-electron chi connectivity index (χ3n) is 2.77. The van der Waals surface area contributed by atoms with Crippen LogP contribution in [0.3, 0.4) is 0 Å². The minimum absolute atomic E-state index is 0.0997. The van der Waals surface area contributed by atoms with E-state index < -0.39 is 6.10 Å². The van der Waals surface area contributed by atoms with Crippen molar-refractivity contribution < 1.29 is 9.84 Å². The van der Waals surface area contributed by atoms with E-state index in [4.69, 9.17) is 10.5 Å². The molecule has 16 heavy (non-hydrogen) atoms. The summed E-state index contributed by atoms with van der Waals surface area (Å²) in [6.07, 6.45) is 1.77. The van der Waals surface area contributed by atoms with Gasteiger partial charge in [-0.3, -0.25) is 0 Å². The van der Waals surface area contributed by atoms with Gasteiger partial charge in [0.05, 0.1) is 12.2 Å². The summed E-state index contributed by atoms with van der Waals surface area (Å²) in [5, 5.41) is 9.82. The third-order valence-corrected chi connectivity index (χ3v) is 2.77. The third kappa shape index (κ3) is 2.23. The van der Waals surface area contributed by atoms with Gasteiger partial charge in [0.15, 0.2) is 0 Å². The summed E-state index contributed by atoms with van der Waals surface area (Å²) in [6, 6.07) is 1.64. The first kappa shape index (κ1) is 11.1. The number of aliphatic hydroxyl groups is 1. The van der Waals surface area contributed by atoms with Crippen LogP contribution in [0, 0.1) is 0 Å². The van der Waals surface area contributed by atoms with Gasteiger partial charge in [-0.25, -0.2) is 4.98 Å². The van der Waals surface area contributed by atoms with Gasteiger partial charge in [-0.15, -0.1) is 0 Å².